The topological polar surface area (TPSA) is 66.5 Å². The second-order valence-electron chi connectivity index (χ2n) is 7.84. The van der Waals surface area contributed by atoms with E-state index in [2.05, 4.69) is 5.32 Å². The summed E-state index contributed by atoms with van der Waals surface area (Å²) in [6.07, 6.45) is 3.22. The van der Waals surface area contributed by atoms with Crippen LogP contribution in [0.2, 0.25) is 0 Å². The molecule has 1 aliphatic carbocycles. The van der Waals surface area contributed by atoms with Crippen LogP contribution in [0.3, 0.4) is 0 Å². The number of nitrogens with zero attached hydrogens (tertiary/aromatic N) is 1. The summed E-state index contributed by atoms with van der Waals surface area (Å²) in [5.41, 5.74) is 2.82. The van der Waals surface area contributed by atoms with Gasteiger partial charge in [-0.2, -0.15) is 0 Å². The van der Waals surface area contributed by atoms with E-state index in [1.54, 1.807) is 24.3 Å². The van der Waals surface area contributed by atoms with Crippen LogP contribution in [-0.2, 0) is 9.59 Å². The van der Waals surface area contributed by atoms with Crippen molar-refractivity contribution in [3.8, 4) is 0 Å². The Morgan fingerprint density at radius 1 is 1.00 bits per heavy atom. The number of nitrogens with one attached hydrogen (secondary N) is 1. The van der Waals surface area contributed by atoms with Gasteiger partial charge >= 0.3 is 0 Å². The quantitative estimate of drug-likeness (QED) is 0.635. The molecule has 5 nitrogen and oxygen atoms in total. The van der Waals surface area contributed by atoms with Crippen LogP contribution in [0.5, 0.6) is 0 Å². The highest BCUT2D eigenvalue weighted by Crippen LogP contribution is 2.40. The number of carbonyl (C=O) groups excluding carboxylic acids is 3. The number of benzene rings is 2. The molecular weight excluding hydrogens is 364 g/mol. The van der Waals surface area contributed by atoms with E-state index in [-0.39, 0.29) is 35.6 Å². The molecule has 29 heavy (non-hydrogen) atoms. The van der Waals surface area contributed by atoms with Gasteiger partial charge in [0.1, 0.15) is 0 Å². The molecular formula is C24H24N2O3. The maximum absolute atomic E-state index is 13.1. The number of carbonyl (C=O) groups is 3. The summed E-state index contributed by atoms with van der Waals surface area (Å²) in [7, 11) is 0. The average Bonchev–Trinajstić information content (AvgIpc) is 2.98. The highest BCUT2D eigenvalue weighted by Gasteiger charge is 2.49. The van der Waals surface area contributed by atoms with Gasteiger partial charge < -0.3 is 5.32 Å². The minimum absolute atomic E-state index is 0.198. The van der Waals surface area contributed by atoms with E-state index in [0.717, 1.165) is 11.1 Å². The van der Waals surface area contributed by atoms with Crippen molar-refractivity contribution in [2.45, 2.75) is 32.7 Å². The lowest BCUT2D eigenvalue weighted by Gasteiger charge is -2.20. The zero-order chi connectivity index (χ0) is 20.5. The molecule has 0 radical (unpaired) electrons. The number of allylic oxidation sites excluding steroid dienone is 2. The van der Waals surface area contributed by atoms with Crippen molar-refractivity contribution in [3.63, 3.8) is 0 Å². The minimum atomic E-state index is -0.328. The number of rotatable bonds is 4. The number of imide groups is 1. The van der Waals surface area contributed by atoms with Gasteiger partial charge in [0.05, 0.1) is 29.1 Å². The van der Waals surface area contributed by atoms with E-state index in [1.807, 2.05) is 50.3 Å². The van der Waals surface area contributed by atoms with Crippen molar-refractivity contribution < 1.29 is 14.4 Å². The summed E-state index contributed by atoms with van der Waals surface area (Å²) < 4.78 is 0. The maximum Gasteiger partial charge on any atom is 0.253 e. The van der Waals surface area contributed by atoms with E-state index in [1.165, 1.54) is 4.90 Å². The Hall–Kier alpha value is -3.21. The van der Waals surface area contributed by atoms with Crippen LogP contribution in [-0.4, -0.2) is 17.7 Å². The molecule has 0 aromatic heterocycles. The normalized spacial score (nSPS) is 22.1. The Morgan fingerprint density at radius 2 is 1.66 bits per heavy atom. The first-order valence-electron chi connectivity index (χ1n) is 9.95. The van der Waals surface area contributed by atoms with E-state index in [9.17, 15) is 14.4 Å². The van der Waals surface area contributed by atoms with Crippen LogP contribution in [0.1, 0.15) is 48.7 Å². The predicted molar refractivity (Wildman–Crippen MR) is 111 cm³/mol. The predicted octanol–water partition coefficient (Wildman–Crippen LogP) is 4.02. The number of para-hydroxylation sites is 1. The third-order valence-corrected chi connectivity index (χ3v) is 5.86. The van der Waals surface area contributed by atoms with Gasteiger partial charge in [0.25, 0.3) is 5.91 Å². The lowest BCUT2D eigenvalue weighted by molar-refractivity contribution is -0.122. The number of fused-ring (bicyclic) bond motifs is 1. The fraction of sp³-hybridized carbons (Fsp3) is 0.292. The SMILES string of the molecule is CC1=CC[C@@H]2C(=O)N(c3ccccc3C(=O)N[C@@H](C)c3ccccc3)C(=O)[C@@H]2C1. The average molecular weight is 388 g/mol. The van der Waals surface area contributed by atoms with Gasteiger partial charge in [-0.15, -0.1) is 0 Å². The second-order valence-corrected chi connectivity index (χ2v) is 7.84. The molecule has 5 heteroatoms. The van der Waals surface area contributed by atoms with Crippen molar-refractivity contribution in [2.75, 3.05) is 4.90 Å². The number of hydrogen-bond acceptors (Lipinski definition) is 3. The Bertz CT molecular complexity index is 996. The molecule has 3 atom stereocenters. The van der Waals surface area contributed by atoms with E-state index in [4.69, 9.17) is 0 Å². The summed E-state index contributed by atoms with van der Waals surface area (Å²) in [6, 6.07) is 16.3. The third kappa shape index (κ3) is 3.48. The van der Waals surface area contributed by atoms with Crippen LogP contribution in [0.15, 0.2) is 66.2 Å². The summed E-state index contributed by atoms with van der Waals surface area (Å²) in [5.74, 6) is -1.37. The minimum Gasteiger partial charge on any atom is -0.345 e. The molecule has 0 bridgehead atoms. The van der Waals surface area contributed by atoms with Crippen molar-refractivity contribution in [1.29, 1.82) is 0 Å². The fourth-order valence-corrected chi connectivity index (χ4v) is 4.23. The molecule has 1 fully saturated rings. The van der Waals surface area contributed by atoms with Crippen LogP contribution < -0.4 is 10.2 Å². The Labute approximate surface area is 170 Å². The maximum atomic E-state index is 13.1. The van der Waals surface area contributed by atoms with Crippen molar-refractivity contribution in [2.24, 2.45) is 11.8 Å². The zero-order valence-electron chi connectivity index (χ0n) is 16.6. The van der Waals surface area contributed by atoms with Gasteiger partial charge in [-0.1, -0.05) is 54.1 Å². The second kappa shape index (κ2) is 7.66. The highest BCUT2D eigenvalue weighted by atomic mass is 16.2. The number of amides is 3. The summed E-state index contributed by atoms with van der Waals surface area (Å²) in [6.45, 7) is 3.90. The molecule has 1 aliphatic heterocycles. The number of hydrogen-bond donors (Lipinski definition) is 1. The van der Waals surface area contributed by atoms with Gasteiger partial charge in [0.2, 0.25) is 11.8 Å². The molecule has 0 unspecified atom stereocenters. The van der Waals surface area contributed by atoms with Gasteiger partial charge in [0, 0.05) is 0 Å². The smallest absolute Gasteiger partial charge is 0.253 e. The number of anilines is 1. The zero-order valence-corrected chi connectivity index (χ0v) is 16.6. The van der Waals surface area contributed by atoms with Crippen LogP contribution in [0.25, 0.3) is 0 Å². The molecule has 3 amide bonds. The molecule has 1 N–H and O–H groups in total. The Kier molecular flexibility index (Phi) is 5.05. The molecule has 2 aromatic rings. The molecule has 0 saturated carbocycles. The van der Waals surface area contributed by atoms with Gasteiger partial charge in [-0.3, -0.25) is 14.4 Å². The van der Waals surface area contributed by atoms with E-state index >= 15 is 0 Å². The summed E-state index contributed by atoms with van der Waals surface area (Å²) >= 11 is 0. The van der Waals surface area contributed by atoms with Gasteiger partial charge in [-0.05, 0) is 44.4 Å². The van der Waals surface area contributed by atoms with Crippen LogP contribution in [0, 0.1) is 11.8 Å². The third-order valence-electron chi connectivity index (χ3n) is 5.86. The first-order chi connectivity index (χ1) is 14.0. The monoisotopic (exact) mass is 388 g/mol. The highest BCUT2D eigenvalue weighted by molar-refractivity contribution is 6.24. The molecule has 2 aliphatic rings. The van der Waals surface area contributed by atoms with Crippen molar-refractivity contribution in [3.05, 3.63) is 77.4 Å². The summed E-state index contributed by atoms with van der Waals surface area (Å²) in [4.78, 5) is 40.3. The molecule has 4 rings (SSSR count). The Balaban J connectivity index is 1.61. The van der Waals surface area contributed by atoms with Crippen LogP contribution >= 0.6 is 0 Å². The first-order valence-corrected chi connectivity index (χ1v) is 9.95. The van der Waals surface area contributed by atoms with Crippen LogP contribution in [0.4, 0.5) is 5.69 Å². The van der Waals surface area contributed by atoms with Crippen molar-refractivity contribution >= 4 is 23.4 Å². The molecule has 1 saturated heterocycles. The van der Waals surface area contributed by atoms with Gasteiger partial charge in [0.15, 0.2) is 0 Å². The molecule has 1 heterocycles. The van der Waals surface area contributed by atoms with E-state index < -0.39 is 0 Å². The molecule has 2 aromatic carbocycles. The Morgan fingerprint density at radius 3 is 2.41 bits per heavy atom. The fourth-order valence-electron chi connectivity index (χ4n) is 4.23. The van der Waals surface area contributed by atoms with Gasteiger partial charge in [-0.25, -0.2) is 4.90 Å². The lowest BCUT2D eigenvalue weighted by atomic mass is 9.82. The summed E-state index contributed by atoms with van der Waals surface area (Å²) in [5, 5.41) is 2.98. The largest absolute Gasteiger partial charge is 0.345 e. The van der Waals surface area contributed by atoms with Crippen molar-refractivity contribution in [1.82, 2.24) is 5.32 Å². The molecule has 0 spiro atoms. The first kappa shape index (κ1) is 19.1. The standard InChI is InChI=1S/C24H24N2O3/c1-15-12-13-18-20(14-15)24(29)26(23(18)28)21-11-7-6-10-19(21)22(27)25-16(2)17-8-4-3-5-9-17/h3-12,16,18,20H,13-14H2,1-2H3,(H,25,27)/t16-,18-,20+/m0/s1. The molecule has 148 valence electrons. The van der Waals surface area contributed by atoms with E-state index in [0.29, 0.717) is 24.1 Å². The lowest BCUT2D eigenvalue weighted by Crippen LogP contribution is -2.34.